The zero-order valence-electron chi connectivity index (χ0n) is 14.5. The molecule has 0 aliphatic carbocycles. The van der Waals surface area contributed by atoms with Crippen molar-refractivity contribution in [1.82, 2.24) is 4.90 Å². The van der Waals surface area contributed by atoms with Gasteiger partial charge in [0, 0.05) is 13.3 Å². The van der Waals surface area contributed by atoms with Crippen molar-refractivity contribution in [3.05, 3.63) is 0 Å². The van der Waals surface area contributed by atoms with Gasteiger partial charge in [0.15, 0.2) is 5.78 Å². The second-order valence-electron chi connectivity index (χ2n) is 5.84. The molecule has 2 amide bonds. The molecule has 19 heteroatoms. The van der Waals surface area contributed by atoms with Crippen molar-refractivity contribution < 1.29 is 65.8 Å². The quantitative estimate of drug-likeness (QED) is 0.255. The summed E-state index contributed by atoms with van der Waals surface area (Å²) in [5.41, 5.74) is -0.00944. The van der Waals surface area contributed by atoms with Crippen LogP contribution in [0.25, 0.3) is 0 Å². The molecule has 0 aromatic heterocycles. The predicted octanol–water partition coefficient (Wildman–Crippen LogP) is -0.729. The van der Waals surface area contributed by atoms with E-state index in [9.17, 15) is 33.3 Å². The van der Waals surface area contributed by atoms with Gasteiger partial charge in [0.25, 0.3) is 0 Å². The lowest BCUT2D eigenvalue weighted by molar-refractivity contribution is -0.111. The van der Waals surface area contributed by atoms with Crippen molar-refractivity contribution >= 4 is 41.0 Å². The van der Waals surface area contributed by atoms with E-state index in [0.29, 0.717) is 0 Å². The van der Waals surface area contributed by atoms with Crippen molar-refractivity contribution in [3.63, 3.8) is 0 Å². The maximum Gasteiger partial charge on any atom is 0.490 e. The number of hydrogen-bond acceptors (Lipinski definition) is 10. The molecule has 0 bridgehead atoms. The number of ether oxygens (including phenoxy) is 1. The van der Waals surface area contributed by atoms with Crippen molar-refractivity contribution in [2.24, 2.45) is 4.99 Å². The van der Waals surface area contributed by atoms with Gasteiger partial charge in [-0.25, -0.2) is 18.5 Å². The van der Waals surface area contributed by atoms with Gasteiger partial charge in [-0.15, -0.1) is 0 Å². The Morgan fingerprint density at radius 1 is 1.21 bits per heavy atom. The molecule has 2 unspecified atom stereocenters. The number of phosphoric acid groups is 3. The van der Waals surface area contributed by atoms with Gasteiger partial charge in [0.2, 0.25) is 0 Å². The van der Waals surface area contributed by atoms with Crippen LogP contribution in [-0.4, -0.2) is 78.7 Å². The van der Waals surface area contributed by atoms with Gasteiger partial charge in [-0.3, -0.25) is 14.2 Å². The zero-order valence-corrected chi connectivity index (χ0v) is 17.2. The van der Waals surface area contributed by atoms with Crippen LogP contribution in [0.15, 0.2) is 4.99 Å². The summed E-state index contributed by atoms with van der Waals surface area (Å²) in [5, 5.41) is 9.97. The number of Topliss-reactive ketones (excluding diaryl/α,β-unsaturated/α-hetero) is 1. The fraction of sp³-hybridized carbons (Fsp3) is 0.700. The number of urea groups is 1. The third-order valence-corrected chi connectivity index (χ3v) is 7.38. The number of aliphatic hydroxyl groups excluding tert-OH is 1. The van der Waals surface area contributed by atoms with Crippen LogP contribution >= 0.6 is 23.5 Å². The maximum absolute atomic E-state index is 11.8. The van der Waals surface area contributed by atoms with Crippen LogP contribution < -0.4 is 0 Å². The van der Waals surface area contributed by atoms with E-state index in [1.54, 1.807) is 0 Å². The van der Waals surface area contributed by atoms with Gasteiger partial charge in [0.1, 0.15) is 18.0 Å². The molecule has 2 aliphatic heterocycles. The van der Waals surface area contributed by atoms with E-state index in [4.69, 9.17) is 19.4 Å². The molecule has 1 saturated heterocycles. The summed E-state index contributed by atoms with van der Waals surface area (Å²) < 4.78 is 50.3. The van der Waals surface area contributed by atoms with Gasteiger partial charge < -0.3 is 29.4 Å². The SMILES string of the molecule is CC(=O)C1=NC(=O)N([C@H]2C[C@H](O)[C@@H](COP(=O)(O)OP(=O)(O)OP(=O)(O)O)O2)C1. The highest BCUT2D eigenvalue weighted by Gasteiger charge is 2.45. The average Bonchev–Trinajstić information content (AvgIpc) is 3.04. The standard InChI is InChI=1S/C10H17N2O14P3/c1-5(13)6-3-12(10(15)11-6)9-2-7(14)8(24-9)4-23-28(19,20)26-29(21,22)25-27(16,17)18/h7-9,14H,2-4H2,1H3,(H,19,20)(H,21,22)(H2,16,17,18)/t7-,8+,9+/m0/s1. The van der Waals surface area contributed by atoms with Gasteiger partial charge in [-0.05, 0) is 0 Å². The highest BCUT2D eigenvalue weighted by Crippen LogP contribution is 2.66. The van der Waals surface area contributed by atoms with Crippen molar-refractivity contribution in [2.75, 3.05) is 13.2 Å². The number of hydrogen-bond donors (Lipinski definition) is 5. The molecule has 2 heterocycles. The first-order chi connectivity index (χ1) is 13.1. The fourth-order valence-corrected chi connectivity index (χ4v) is 5.42. The van der Waals surface area contributed by atoms with Gasteiger partial charge in [0.05, 0.1) is 19.3 Å². The third-order valence-electron chi connectivity index (χ3n) is 3.57. The zero-order chi connectivity index (χ0) is 22.2. The van der Waals surface area contributed by atoms with E-state index in [1.807, 2.05) is 0 Å². The number of ketones is 1. The Labute approximate surface area is 162 Å². The minimum absolute atomic E-state index is 0.00944. The molecule has 1 fully saturated rings. The first kappa shape index (κ1) is 24.4. The maximum atomic E-state index is 11.8. The summed E-state index contributed by atoms with van der Waals surface area (Å²) in [7, 11) is -16.6. The Kier molecular flexibility index (Phi) is 7.33. The lowest BCUT2D eigenvalue weighted by Gasteiger charge is -2.23. The number of carbonyl (C=O) groups excluding carboxylic acids is 2. The van der Waals surface area contributed by atoms with Crippen LogP contribution in [-0.2, 0) is 36.4 Å². The van der Waals surface area contributed by atoms with Crippen LogP contribution in [0.5, 0.6) is 0 Å². The molecule has 2 rings (SSSR count). The van der Waals surface area contributed by atoms with E-state index in [2.05, 4.69) is 18.1 Å². The van der Waals surface area contributed by atoms with E-state index >= 15 is 0 Å². The fourth-order valence-electron chi connectivity index (χ4n) is 2.39. The summed E-state index contributed by atoms with van der Waals surface area (Å²) in [5.74, 6) is -0.427. The minimum atomic E-state index is -5.67. The van der Waals surface area contributed by atoms with E-state index in [-0.39, 0.29) is 18.7 Å². The number of nitrogens with zero attached hydrogens (tertiary/aromatic N) is 2. The molecule has 0 aromatic carbocycles. The summed E-state index contributed by atoms with van der Waals surface area (Å²) >= 11 is 0. The molecule has 0 aromatic rings. The van der Waals surface area contributed by atoms with Crippen molar-refractivity contribution in [2.45, 2.75) is 31.8 Å². The molecule has 0 radical (unpaired) electrons. The largest absolute Gasteiger partial charge is 0.490 e. The molecule has 5 atom stereocenters. The highest BCUT2D eigenvalue weighted by atomic mass is 31.3. The Morgan fingerprint density at radius 2 is 1.83 bits per heavy atom. The van der Waals surface area contributed by atoms with Crippen LogP contribution in [0.4, 0.5) is 4.79 Å². The van der Waals surface area contributed by atoms with Gasteiger partial charge >= 0.3 is 29.5 Å². The normalized spacial score (nSPS) is 29.4. The van der Waals surface area contributed by atoms with Crippen molar-refractivity contribution in [1.29, 1.82) is 0 Å². The van der Waals surface area contributed by atoms with Crippen LogP contribution in [0.1, 0.15) is 13.3 Å². The topological polar surface area (TPSA) is 239 Å². The molecular formula is C10H17N2O14P3. The Hall–Kier alpha value is -0.860. The minimum Gasteiger partial charge on any atom is -0.390 e. The first-order valence-corrected chi connectivity index (χ1v) is 12.1. The smallest absolute Gasteiger partial charge is 0.390 e. The lowest BCUT2D eigenvalue weighted by atomic mass is 10.2. The second kappa shape index (κ2) is 8.71. The highest BCUT2D eigenvalue weighted by molar-refractivity contribution is 7.66. The lowest BCUT2D eigenvalue weighted by Crippen LogP contribution is -2.38. The number of phosphoric ester groups is 1. The molecule has 0 spiro atoms. The van der Waals surface area contributed by atoms with E-state index in [0.717, 1.165) is 4.90 Å². The monoisotopic (exact) mass is 482 g/mol. The van der Waals surface area contributed by atoms with Crippen LogP contribution in [0, 0.1) is 0 Å². The molecule has 5 N–H and O–H groups in total. The molecule has 16 nitrogen and oxygen atoms in total. The number of aliphatic imine (C=N–C) groups is 1. The van der Waals surface area contributed by atoms with Gasteiger partial charge in [-0.2, -0.15) is 13.6 Å². The number of carbonyl (C=O) groups is 2. The van der Waals surface area contributed by atoms with Crippen LogP contribution in [0.2, 0.25) is 0 Å². The number of aliphatic hydroxyl groups is 1. The Bertz CT molecular complexity index is 853. The molecule has 2 aliphatic rings. The summed E-state index contributed by atoms with van der Waals surface area (Å²) in [6.07, 6.45) is -3.79. The van der Waals surface area contributed by atoms with Crippen molar-refractivity contribution in [3.8, 4) is 0 Å². The van der Waals surface area contributed by atoms with Gasteiger partial charge in [-0.1, -0.05) is 0 Å². The molecular weight excluding hydrogens is 465 g/mol. The predicted molar refractivity (Wildman–Crippen MR) is 89.3 cm³/mol. The second-order valence-corrected chi connectivity index (χ2v) is 10.3. The summed E-state index contributed by atoms with van der Waals surface area (Å²) in [4.78, 5) is 63.1. The molecule has 166 valence electrons. The number of amides is 2. The third kappa shape index (κ3) is 7.10. The molecule has 0 saturated carbocycles. The van der Waals surface area contributed by atoms with E-state index in [1.165, 1.54) is 6.92 Å². The molecule has 29 heavy (non-hydrogen) atoms. The first-order valence-electron chi connectivity index (χ1n) is 7.59. The number of rotatable bonds is 9. The summed E-state index contributed by atoms with van der Waals surface area (Å²) in [6.45, 7) is 0.184. The van der Waals surface area contributed by atoms with Crippen LogP contribution in [0.3, 0.4) is 0 Å². The Morgan fingerprint density at radius 3 is 2.34 bits per heavy atom. The Balaban J connectivity index is 1.92. The van der Waals surface area contributed by atoms with E-state index < -0.39 is 60.3 Å². The summed E-state index contributed by atoms with van der Waals surface area (Å²) in [6, 6.07) is -0.777. The average molecular weight is 482 g/mol.